The molecule has 1 aromatic rings. The van der Waals surface area contributed by atoms with Gasteiger partial charge in [0.1, 0.15) is 5.75 Å². The zero-order chi connectivity index (χ0) is 13.7. The monoisotopic (exact) mass is 298 g/mol. The number of nitrogens with two attached hydrogens (primary N) is 1. The molecule has 20 heavy (non-hydrogen) atoms. The van der Waals surface area contributed by atoms with E-state index in [1.165, 1.54) is 0 Å². The molecule has 2 atom stereocenters. The average molecular weight is 299 g/mol. The van der Waals surface area contributed by atoms with Gasteiger partial charge in [-0.05, 0) is 31.4 Å². The number of amides is 1. The quantitative estimate of drug-likeness (QED) is 0.878. The molecule has 1 saturated carbocycles. The molecule has 2 unspecified atom stereocenters. The Bertz CT molecular complexity index is 440. The third-order valence-corrected chi connectivity index (χ3v) is 3.48. The second-order valence-corrected chi connectivity index (χ2v) is 5.07. The summed E-state index contributed by atoms with van der Waals surface area (Å²) in [4.78, 5) is 12.1. The molecule has 0 aromatic heterocycles. The number of rotatable bonds is 5. The summed E-state index contributed by atoms with van der Waals surface area (Å²) in [6.45, 7) is 2.75. The second kappa shape index (κ2) is 8.12. The van der Waals surface area contributed by atoms with Crippen LogP contribution in [0.1, 0.15) is 32.6 Å². The molecule has 1 aliphatic carbocycles. The Hall–Kier alpha value is -1.26. The van der Waals surface area contributed by atoms with Crippen LogP contribution in [0, 0.1) is 5.92 Å². The highest BCUT2D eigenvalue weighted by molar-refractivity contribution is 5.93. The van der Waals surface area contributed by atoms with E-state index < -0.39 is 0 Å². The number of benzene rings is 1. The Morgan fingerprint density at radius 3 is 2.90 bits per heavy atom. The second-order valence-electron chi connectivity index (χ2n) is 5.07. The first-order valence-electron chi connectivity index (χ1n) is 7.00. The number of hydrogen-bond acceptors (Lipinski definition) is 3. The number of anilines is 1. The third kappa shape index (κ3) is 4.39. The summed E-state index contributed by atoms with van der Waals surface area (Å²) in [5, 5.41) is 2.93. The van der Waals surface area contributed by atoms with Gasteiger partial charge >= 0.3 is 0 Å². The summed E-state index contributed by atoms with van der Waals surface area (Å²) >= 11 is 0. The van der Waals surface area contributed by atoms with Crippen LogP contribution in [0.3, 0.4) is 0 Å². The predicted molar refractivity (Wildman–Crippen MR) is 83.4 cm³/mol. The van der Waals surface area contributed by atoms with E-state index in [-0.39, 0.29) is 30.3 Å². The third-order valence-electron chi connectivity index (χ3n) is 3.48. The van der Waals surface area contributed by atoms with Crippen LogP contribution in [-0.2, 0) is 4.79 Å². The van der Waals surface area contributed by atoms with Gasteiger partial charge in [0, 0.05) is 17.8 Å². The fourth-order valence-electron chi connectivity index (χ4n) is 2.43. The SMILES string of the molecule is CCCOc1cccc(NC(=O)C2CCCC2N)c1.Cl. The van der Waals surface area contributed by atoms with E-state index in [2.05, 4.69) is 12.2 Å². The lowest BCUT2D eigenvalue weighted by atomic mass is 10.0. The van der Waals surface area contributed by atoms with E-state index in [1.54, 1.807) is 0 Å². The normalized spacial score (nSPS) is 21.1. The van der Waals surface area contributed by atoms with Crippen molar-refractivity contribution in [3.63, 3.8) is 0 Å². The lowest BCUT2D eigenvalue weighted by Crippen LogP contribution is -2.34. The van der Waals surface area contributed by atoms with Gasteiger partial charge in [-0.3, -0.25) is 4.79 Å². The van der Waals surface area contributed by atoms with Crippen molar-refractivity contribution in [3.8, 4) is 5.75 Å². The van der Waals surface area contributed by atoms with Crippen LogP contribution < -0.4 is 15.8 Å². The first-order chi connectivity index (χ1) is 9.20. The summed E-state index contributed by atoms with van der Waals surface area (Å²) < 4.78 is 5.55. The molecule has 1 amide bonds. The van der Waals surface area contributed by atoms with Gasteiger partial charge in [-0.1, -0.05) is 19.4 Å². The Kier molecular flexibility index (Phi) is 6.82. The smallest absolute Gasteiger partial charge is 0.229 e. The lowest BCUT2D eigenvalue weighted by molar-refractivity contribution is -0.120. The Morgan fingerprint density at radius 2 is 2.25 bits per heavy atom. The molecule has 0 aliphatic heterocycles. The summed E-state index contributed by atoms with van der Waals surface area (Å²) in [7, 11) is 0. The fraction of sp³-hybridized carbons (Fsp3) is 0.533. The molecule has 0 bridgehead atoms. The summed E-state index contributed by atoms with van der Waals surface area (Å²) in [5.74, 6) is 0.758. The van der Waals surface area contributed by atoms with E-state index in [4.69, 9.17) is 10.5 Å². The van der Waals surface area contributed by atoms with Gasteiger partial charge in [0.15, 0.2) is 0 Å². The minimum Gasteiger partial charge on any atom is -0.494 e. The molecule has 112 valence electrons. The van der Waals surface area contributed by atoms with Crippen molar-refractivity contribution < 1.29 is 9.53 Å². The van der Waals surface area contributed by atoms with E-state index >= 15 is 0 Å². The predicted octanol–water partition coefficient (Wildman–Crippen LogP) is 2.96. The molecule has 4 nitrogen and oxygen atoms in total. The lowest BCUT2D eigenvalue weighted by Gasteiger charge is -2.15. The Labute approximate surface area is 126 Å². The molecule has 1 fully saturated rings. The zero-order valence-corrected chi connectivity index (χ0v) is 12.6. The van der Waals surface area contributed by atoms with Crippen LogP contribution in [0.4, 0.5) is 5.69 Å². The molecule has 2 rings (SSSR count). The molecule has 1 aromatic carbocycles. The van der Waals surface area contributed by atoms with Gasteiger partial charge in [0.2, 0.25) is 5.91 Å². The highest BCUT2D eigenvalue weighted by atomic mass is 35.5. The van der Waals surface area contributed by atoms with Gasteiger partial charge < -0.3 is 15.8 Å². The van der Waals surface area contributed by atoms with Crippen molar-refractivity contribution in [2.75, 3.05) is 11.9 Å². The van der Waals surface area contributed by atoms with E-state index in [1.807, 2.05) is 24.3 Å². The van der Waals surface area contributed by atoms with E-state index in [0.717, 1.165) is 37.1 Å². The number of carbonyl (C=O) groups excluding carboxylic acids is 1. The number of nitrogens with one attached hydrogen (secondary N) is 1. The van der Waals surface area contributed by atoms with E-state index in [9.17, 15) is 4.79 Å². The molecule has 0 spiro atoms. The number of halogens is 1. The van der Waals surface area contributed by atoms with Crippen LogP contribution >= 0.6 is 12.4 Å². The van der Waals surface area contributed by atoms with Crippen molar-refractivity contribution in [1.82, 2.24) is 0 Å². The Balaban J connectivity index is 0.00000200. The zero-order valence-electron chi connectivity index (χ0n) is 11.8. The van der Waals surface area contributed by atoms with Crippen molar-refractivity contribution >= 4 is 24.0 Å². The molecule has 0 heterocycles. The van der Waals surface area contributed by atoms with Crippen molar-refractivity contribution in [1.29, 1.82) is 0 Å². The molecule has 0 saturated heterocycles. The molecular weight excluding hydrogens is 276 g/mol. The summed E-state index contributed by atoms with van der Waals surface area (Å²) in [6.07, 6.45) is 3.84. The minimum absolute atomic E-state index is 0. The Morgan fingerprint density at radius 1 is 1.45 bits per heavy atom. The molecule has 5 heteroatoms. The topological polar surface area (TPSA) is 64.3 Å². The highest BCUT2D eigenvalue weighted by Gasteiger charge is 2.30. The largest absolute Gasteiger partial charge is 0.494 e. The first-order valence-corrected chi connectivity index (χ1v) is 7.00. The molecule has 0 radical (unpaired) electrons. The van der Waals surface area contributed by atoms with Crippen molar-refractivity contribution in [2.24, 2.45) is 11.7 Å². The first kappa shape index (κ1) is 16.8. The van der Waals surface area contributed by atoms with Gasteiger partial charge in [0.05, 0.1) is 12.5 Å². The van der Waals surface area contributed by atoms with Crippen LogP contribution in [0.25, 0.3) is 0 Å². The number of ether oxygens (including phenoxy) is 1. The number of carbonyl (C=O) groups is 1. The number of hydrogen-bond donors (Lipinski definition) is 2. The van der Waals surface area contributed by atoms with Gasteiger partial charge in [-0.15, -0.1) is 12.4 Å². The average Bonchev–Trinajstić information content (AvgIpc) is 2.83. The van der Waals surface area contributed by atoms with Crippen LogP contribution in [0.15, 0.2) is 24.3 Å². The standard InChI is InChI=1S/C15H22N2O2.ClH/c1-2-9-19-12-6-3-5-11(10-12)17-15(18)13-7-4-8-14(13)16;/h3,5-6,10,13-14H,2,4,7-9,16H2,1H3,(H,17,18);1H. The summed E-state index contributed by atoms with van der Waals surface area (Å²) in [6, 6.07) is 7.51. The van der Waals surface area contributed by atoms with Crippen LogP contribution in [0.2, 0.25) is 0 Å². The highest BCUT2D eigenvalue weighted by Crippen LogP contribution is 2.26. The molecule has 3 N–H and O–H groups in total. The van der Waals surface area contributed by atoms with Gasteiger partial charge in [-0.25, -0.2) is 0 Å². The maximum Gasteiger partial charge on any atom is 0.229 e. The van der Waals surface area contributed by atoms with Crippen LogP contribution in [0.5, 0.6) is 5.75 Å². The molecular formula is C15H23ClN2O2. The summed E-state index contributed by atoms with van der Waals surface area (Å²) in [5.41, 5.74) is 6.72. The van der Waals surface area contributed by atoms with Crippen molar-refractivity contribution in [2.45, 2.75) is 38.6 Å². The van der Waals surface area contributed by atoms with Crippen molar-refractivity contribution in [3.05, 3.63) is 24.3 Å². The maximum atomic E-state index is 12.1. The van der Waals surface area contributed by atoms with Gasteiger partial charge in [-0.2, -0.15) is 0 Å². The van der Waals surface area contributed by atoms with Gasteiger partial charge in [0.25, 0.3) is 0 Å². The fourth-order valence-corrected chi connectivity index (χ4v) is 2.43. The van der Waals surface area contributed by atoms with E-state index in [0.29, 0.717) is 6.61 Å². The minimum atomic E-state index is -0.0554. The maximum absolute atomic E-state index is 12.1. The van der Waals surface area contributed by atoms with Crippen LogP contribution in [-0.4, -0.2) is 18.6 Å². The molecule has 1 aliphatic rings.